The van der Waals surface area contributed by atoms with Gasteiger partial charge in [-0.1, -0.05) is 30.3 Å². The number of aliphatic carboxylic acids is 1. The second-order valence-corrected chi connectivity index (χ2v) is 3.11. The van der Waals surface area contributed by atoms with Crippen molar-refractivity contribution < 1.29 is 32.6 Å². The van der Waals surface area contributed by atoms with Crippen LogP contribution in [0.4, 0.5) is 18.0 Å². The van der Waals surface area contributed by atoms with E-state index in [0.717, 1.165) is 5.56 Å². The molecule has 19 heavy (non-hydrogen) atoms. The van der Waals surface area contributed by atoms with Gasteiger partial charge in [-0.25, -0.2) is 9.59 Å². The third-order valence-electron chi connectivity index (χ3n) is 1.66. The number of benzene rings is 1. The number of hydrogen-bond acceptors (Lipinski definition) is 3. The molecular weight excluding hydrogens is 267 g/mol. The lowest BCUT2D eigenvalue weighted by Crippen LogP contribution is -2.21. The lowest BCUT2D eigenvalue weighted by molar-refractivity contribution is -0.192. The molecule has 0 bridgehead atoms. The molecule has 2 N–H and O–H groups in total. The van der Waals surface area contributed by atoms with Gasteiger partial charge < -0.3 is 15.2 Å². The Labute approximate surface area is 107 Å². The predicted molar refractivity (Wildman–Crippen MR) is 59.4 cm³/mol. The lowest BCUT2D eigenvalue weighted by atomic mass is 10.2. The first-order valence-electron chi connectivity index (χ1n) is 4.96. The fourth-order valence-corrected chi connectivity index (χ4v) is 0.795. The average molecular weight is 279 g/mol. The molecule has 0 spiro atoms. The van der Waals surface area contributed by atoms with Gasteiger partial charge in [-0.15, -0.1) is 0 Å². The van der Waals surface area contributed by atoms with Crippen molar-refractivity contribution in [2.75, 3.05) is 7.05 Å². The Hall–Kier alpha value is -2.25. The van der Waals surface area contributed by atoms with E-state index >= 15 is 0 Å². The monoisotopic (exact) mass is 279 g/mol. The molecule has 8 heteroatoms. The summed E-state index contributed by atoms with van der Waals surface area (Å²) in [5.41, 5.74) is 0.987. The van der Waals surface area contributed by atoms with Crippen LogP contribution in [0.2, 0.25) is 0 Å². The third-order valence-corrected chi connectivity index (χ3v) is 1.66. The van der Waals surface area contributed by atoms with Crippen LogP contribution in [0.5, 0.6) is 0 Å². The summed E-state index contributed by atoms with van der Waals surface area (Å²) in [6.07, 6.45) is -5.49. The second kappa shape index (κ2) is 7.96. The highest BCUT2D eigenvalue weighted by Gasteiger charge is 2.38. The summed E-state index contributed by atoms with van der Waals surface area (Å²) in [6, 6.07) is 9.54. The molecule has 0 saturated heterocycles. The number of amides is 1. The van der Waals surface area contributed by atoms with Crippen molar-refractivity contribution in [1.82, 2.24) is 5.32 Å². The molecule has 0 saturated carbocycles. The minimum absolute atomic E-state index is 0.320. The Morgan fingerprint density at radius 3 is 2.11 bits per heavy atom. The van der Waals surface area contributed by atoms with Crippen molar-refractivity contribution in [3.05, 3.63) is 35.9 Å². The van der Waals surface area contributed by atoms with Crippen molar-refractivity contribution in [2.45, 2.75) is 12.8 Å². The maximum absolute atomic E-state index is 10.7. The van der Waals surface area contributed by atoms with Crippen molar-refractivity contribution >= 4 is 12.1 Å². The minimum Gasteiger partial charge on any atom is -0.475 e. The van der Waals surface area contributed by atoms with Crippen LogP contribution in [0.3, 0.4) is 0 Å². The van der Waals surface area contributed by atoms with E-state index in [1.54, 1.807) is 0 Å². The molecule has 0 heterocycles. The SMILES string of the molecule is CNC(=O)OCc1ccccc1.O=C(O)C(F)(F)F. The number of carbonyl (C=O) groups is 2. The summed E-state index contributed by atoms with van der Waals surface area (Å²) >= 11 is 0. The molecule has 5 nitrogen and oxygen atoms in total. The van der Waals surface area contributed by atoms with E-state index in [1.807, 2.05) is 30.3 Å². The van der Waals surface area contributed by atoms with Crippen molar-refractivity contribution in [3.63, 3.8) is 0 Å². The van der Waals surface area contributed by atoms with Crippen molar-refractivity contribution in [2.24, 2.45) is 0 Å². The molecule has 106 valence electrons. The quantitative estimate of drug-likeness (QED) is 0.870. The van der Waals surface area contributed by atoms with E-state index in [1.165, 1.54) is 7.05 Å². The molecule has 0 aliphatic heterocycles. The summed E-state index contributed by atoms with van der Waals surface area (Å²) in [5, 5.41) is 9.50. The zero-order chi connectivity index (χ0) is 14.9. The van der Waals surface area contributed by atoms with Crippen LogP contribution in [0.15, 0.2) is 30.3 Å². The Kier molecular flexibility index (Phi) is 7.02. The Balaban J connectivity index is 0.000000399. The van der Waals surface area contributed by atoms with Crippen LogP contribution in [0.1, 0.15) is 5.56 Å². The Bertz CT molecular complexity index is 406. The molecule has 0 atom stereocenters. The Morgan fingerprint density at radius 2 is 1.74 bits per heavy atom. The van der Waals surface area contributed by atoms with Gasteiger partial charge in [-0.3, -0.25) is 0 Å². The molecule has 1 aromatic rings. The van der Waals surface area contributed by atoms with Gasteiger partial charge in [0.05, 0.1) is 0 Å². The van der Waals surface area contributed by atoms with E-state index in [2.05, 4.69) is 5.32 Å². The molecule has 0 aliphatic carbocycles. The highest BCUT2D eigenvalue weighted by Crippen LogP contribution is 2.13. The maximum atomic E-state index is 10.7. The fraction of sp³-hybridized carbons (Fsp3) is 0.273. The number of halogens is 3. The van der Waals surface area contributed by atoms with Crippen LogP contribution in [0, 0.1) is 0 Å². The van der Waals surface area contributed by atoms with E-state index in [-0.39, 0.29) is 0 Å². The molecule has 0 unspecified atom stereocenters. The highest BCUT2D eigenvalue weighted by molar-refractivity contribution is 5.73. The fourth-order valence-electron chi connectivity index (χ4n) is 0.795. The minimum atomic E-state index is -5.08. The van der Waals surface area contributed by atoms with Crippen molar-refractivity contribution in [1.29, 1.82) is 0 Å². The number of nitrogens with one attached hydrogen (secondary N) is 1. The zero-order valence-corrected chi connectivity index (χ0v) is 9.90. The maximum Gasteiger partial charge on any atom is 0.490 e. The summed E-state index contributed by atoms with van der Waals surface area (Å²) < 4.78 is 36.6. The topological polar surface area (TPSA) is 75.6 Å². The summed E-state index contributed by atoms with van der Waals surface area (Å²) in [6.45, 7) is 0.320. The molecule has 0 aliphatic rings. The van der Waals surface area contributed by atoms with Crippen molar-refractivity contribution in [3.8, 4) is 0 Å². The standard InChI is InChI=1S/C9H11NO2.C2HF3O2/c1-10-9(11)12-7-8-5-3-2-4-6-8;3-2(4,5)1(6)7/h2-6H,7H2,1H3,(H,10,11);(H,6,7). The van der Waals surface area contributed by atoms with Gasteiger partial charge in [0.2, 0.25) is 0 Å². The lowest BCUT2D eigenvalue weighted by Gasteiger charge is -2.02. The van der Waals surface area contributed by atoms with Crippen LogP contribution in [0.25, 0.3) is 0 Å². The number of carboxylic acid groups (broad SMARTS) is 1. The van der Waals surface area contributed by atoms with Gasteiger partial charge in [-0.2, -0.15) is 13.2 Å². The average Bonchev–Trinajstić information content (AvgIpc) is 2.36. The van der Waals surface area contributed by atoms with Gasteiger partial charge in [0.15, 0.2) is 0 Å². The molecule has 1 rings (SSSR count). The summed E-state index contributed by atoms with van der Waals surface area (Å²) in [4.78, 5) is 19.5. The molecule has 0 aromatic heterocycles. The first kappa shape index (κ1) is 16.8. The van der Waals surface area contributed by atoms with Gasteiger partial charge in [0, 0.05) is 7.05 Å². The number of hydrogen-bond donors (Lipinski definition) is 2. The van der Waals surface area contributed by atoms with Gasteiger partial charge in [-0.05, 0) is 5.56 Å². The first-order valence-corrected chi connectivity index (χ1v) is 4.96. The highest BCUT2D eigenvalue weighted by atomic mass is 19.4. The largest absolute Gasteiger partial charge is 0.490 e. The predicted octanol–water partition coefficient (Wildman–Crippen LogP) is 2.18. The number of carboxylic acids is 1. The van der Waals surface area contributed by atoms with E-state index < -0.39 is 18.2 Å². The van der Waals surface area contributed by atoms with Gasteiger partial charge in [0.25, 0.3) is 0 Å². The number of ether oxygens (including phenoxy) is 1. The molecular formula is C11H12F3NO4. The normalized spacial score (nSPS) is 9.89. The Morgan fingerprint density at radius 1 is 1.26 bits per heavy atom. The van der Waals surface area contributed by atoms with Crippen LogP contribution in [-0.4, -0.2) is 30.4 Å². The molecule has 0 radical (unpaired) electrons. The van der Waals surface area contributed by atoms with E-state index in [4.69, 9.17) is 14.6 Å². The third kappa shape index (κ3) is 8.47. The number of alkyl halides is 3. The van der Waals surface area contributed by atoms with Crippen LogP contribution in [-0.2, 0) is 16.1 Å². The molecule has 1 amide bonds. The first-order chi connectivity index (χ1) is 8.77. The van der Waals surface area contributed by atoms with E-state index in [9.17, 15) is 18.0 Å². The number of carbonyl (C=O) groups excluding carboxylic acids is 1. The summed E-state index contributed by atoms with van der Waals surface area (Å²) in [5.74, 6) is -2.76. The second-order valence-electron chi connectivity index (χ2n) is 3.11. The summed E-state index contributed by atoms with van der Waals surface area (Å²) in [7, 11) is 1.54. The van der Waals surface area contributed by atoms with Crippen LogP contribution < -0.4 is 5.32 Å². The zero-order valence-electron chi connectivity index (χ0n) is 9.90. The van der Waals surface area contributed by atoms with Crippen LogP contribution >= 0.6 is 0 Å². The smallest absolute Gasteiger partial charge is 0.475 e. The van der Waals surface area contributed by atoms with Gasteiger partial charge >= 0.3 is 18.2 Å². The molecule has 1 aromatic carbocycles. The van der Waals surface area contributed by atoms with E-state index in [0.29, 0.717) is 6.61 Å². The molecule has 0 fully saturated rings. The number of alkyl carbamates (subject to hydrolysis) is 1. The van der Waals surface area contributed by atoms with Gasteiger partial charge in [0.1, 0.15) is 6.61 Å². The number of rotatable bonds is 2.